The van der Waals surface area contributed by atoms with Crippen molar-refractivity contribution < 1.29 is 0 Å². The second-order valence-electron chi connectivity index (χ2n) is 7.62. The average Bonchev–Trinajstić information content (AvgIpc) is 2.29. The second kappa shape index (κ2) is 13.5. The molecule has 0 atom stereocenters. The van der Waals surface area contributed by atoms with Crippen LogP contribution in [0.15, 0.2) is 25.3 Å². The smallest absolute Gasteiger partial charge is 0.0866 e. The van der Waals surface area contributed by atoms with E-state index in [1.54, 1.807) is 0 Å². The zero-order chi connectivity index (χ0) is 16.8. The normalized spacial score (nSPS) is 10.4. The lowest BCUT2D eigenvalue weighted by molar-refractivity contribution is 0.357. The lowest BCUT2D eigenvalue weighted by Gasteiger charge is -2.19. The maximum Gasteiger partial charge on any atom is 0.0866 e. The summed E-state index contributed by atoms with van der Waals surface area (Å²) in [7, 11) is -0.775. The van der Waals surface area contributed by atoms with Crippen LogP contribution in [0.3, 0.4) is 0 Å². The number of rotatable bonds is 6. The van der Waals surface area contributed by atoms with Gasteiger partial charge in [-0.2, -0.15) is 0 Å². The molecule has 0 amide bonds. The number of hydrogen-bond donors (Lipinski definition) is 0. The summed E-state index contributed by atoms with van der Waals surface area (Å²) in [6.07, 6.45) is 7.60. The van der Waals surface area contributed by atoms with Crippen LogP contribution in [0.2, 0.25) is 25.7 Å². The highest BCUT2D eigenvalue weighted by Crippen LogP contribution is 2.23. The highest BCUT2D eigenvalue weighted by molar-refractivity contribution is 6.76. The van der Waals surface area contributed by atoms with Crippen LogP contribution >= 0.6 is 0 Å². The molecule has 0 spiro atoms. The SMILES string of the molecule is C=CCC(C)(C)CC.C=CC[Si](C)(C)C.CC[C+](C)C. The second-order valence-corrected chi connectivity index (χ2v) is 13.2. The molecule has 0 aromatic rings. The van der Waals surface area contributed by atoms with E-state index in [9.17, 15) is 0 Å². The quantitative estimate of drug-likeness (QED) is 0.270. The van der Waals surface area contributed by atoms with Crippen LogP contribution in [0.5, 0.6) is 0 Å². The Labute approximate surface area is 131 Å². The van der Waals surface area contributed by atoms with Gasteiger partial charge < -0.3 is 0 Å². The van der Waals surface area contributed by atoms with Crippen molar-refractivity contribution in [2.24, 2.45) is 5.41 Å². The van der Waals surface area contributed by atoms with Crippen molar-refractivity contribution in [3.63, 3.8) is 0 Å². The average molecular weight is 298 g/mol. The van der Waals surface area contributed by atoms with Gasteiger partial charge in [0.25, 0.3) is 0 Å². The Kier molecular flexibility index (Phi) is 16.6. The van der Waals surface area contributed by atoms with Gasteiger partial charge in [0.2, 0.25) is 0 Å². The molecule has 0 aromatic heterocycles. The first-order valence-corrected chi connectivity index (χ1v) is 11.7. The number of allylic oxidation sites excluding steroid dienone is 2. The van der Waals surface area contributed by atoms with Crippen LogP contribution in [0, 0.1) is 11.3 Å². The lowest BCUT2D eigenvalue weighted by atomic mass is 9.87. The van der Waals surface area contributed by atoms with Crippen LogP contribution in [0.4, 0.5) is 0 Å². The van der Waals surface area contributed by atoms with Gasteiger partial charge in [0.15, 0.2) is 0 Å². The van der Waals surface area contributed by atoms with Crippen LogP contribution in [-0.2, 0) is 0 Å². The summed E-state index contributed by atoms with van der Waals surface area (Å²) in [5.41, 5.74) is 0.474. The number of hydrogen-bond acceptors (Lipinski definition) is 0. The van der Waals surface area contributed by atoms with Gasteiger partial charge in [0.05, 0.1) is 26.2 Å². The molecular formula is C19H41Si+. The van der Waals surface area contributed by atoms with Crippen LogP contribution in [-0.4, -0.2) is 8.07 Å². The van der Waals surface area contributed by atoms with E-state index in [1.165, 1.54) is 24.8 Å². The molecule has 0 heterocycles. The van der Waals surface area contributed by atoms with E-state index in [2.05, 4.69) is 74.3 Å². The van der Waals surface area contributed by atoms with E-state index in [-0.39, 0.29) is 0 Å². The molecule has 0 saturated carbocycles. The van der Waals surface area contributed by atoms with Crippen molar-refractivity contribution in [2.45, 2.75) is 86.5 Å². The van der Waals surface area contributed by atoms with Crippen LogP contribution in [0.1, 0.15) is 60.8 Å². The zero-order valence-electron chi connectivity index (χ0n) is 15.9. The van der Waals surface area contributed by atoms with E-state index in [4.69, 9.17) is 0 Å². The summed E-state index contributed by atoms with van der Waals surface area (Å²) in [5, 5.41) is 0. The maximum absolute atomic E-state index is 3.69. The zero-order valence-corrected chi connectivity index (χ0v) is 16.9. The van der Waals surface area contributed by atoms with Gasteiger partial charge in [-0.3, -0.25) is 0 Å². The summed E-state index contributed by atoms with van der Waals surface area (Å²) in [6.45, 7) is 27.6. The summed E-state index contributed by atoms with van der Waals surface area (Å²) in [5.74, 6) is 1.50. The van der Waals surface area contributed by atoms with Crippen molar-refractivity contribution in [2.75, 3.05) is 0 Å². The Balaban J connectivity index is -0.000000223. The molecular weight excluding hydrogens is 256 g/mol. The van der Waals surface area contributed by atoms with Crippen LogP contribution in [0.25, 0.3) is 0 Å². The van der Waals surface area contributed by atoms with Crippen molar-refractivity contribution in [3.05, 3.63) is 31.2 Å². The lowest BCUT2D eigenvalue weighted by Crippen LogP contribution is -2.16. The molecule has 0 radical (unpaired) electrons. The summed E-state index contributed by atoms with van der Waals surface area (Å²) >= 11 is 0. The first kappa shape index (κ1) is 24.6. The van der Waals surface area contributed by atoms with Gasteiger partial charge in [0, 0.05) is 8.07 Å². The molecule has 0 aliphatic carbocycles. The first-order chi connectivity index (χ1) is 8.95. The fourth-order valence-electron chi connectivity index (χ4n) is 0.968. The van der Waals surface area contributed by atoms with Crippen molar-refractivity contribution in [1.29, 1.82) is 0 Å². The minimum absolute atomic E-state index is 0.474. The van der Waals surface area contributed by atoms with Gasteiger partial charge in [-0.05, 0) is 24.8 Å². The Morgan fingerprint density at radius 1 is 1.00 bits per heavy atom. The molecule has 0 fully saturated rings. The van der Waals surface area contributed by atoms with Crippen molar-refractivity contribution in [3.8, 4) is 0 Å². The highest BCUT2D eigenvalue weighted by Gasteiger charge is 2.11. The molecule has 120 valence electrons. The van der Waals surface area contributed by atoms with E-state index < -0.39 is 8.07 Å². The molecule has 0 saturated heterocycles. The van der Waals surface area contributed by atoms with Gasteiger partial charge in [0.1, 0.15) is 0 Å². The predicted molar refractivity (Wildman–Crippen MR) is 102 cm³/mol. The van der Waals surface area contributed by atoms with Crippen molar-refractivity contribution in [1.82, 2.24) is 0 Å². The first-order valence-electron chi connectivity index (χ1n) is 7.96. The Morgan fingerprint density at radius 2 is 1.40 bits per heavy atom. The van der Waals surface area contributed by atoms with Gasteiger partial charge in [-0.15, -0.1) is 13.2 Å². The van der Waals surface area contributed by atoms with Gasteiger partial charge in [-0.1, -0.05) is 59.0 Å². The maximum atomic E-state index is 3.69. The molecule has 0 aliphatic rings. The molecule has 0 bridgehead atoms. The van der Waals surface area contributed by atoms with E-state index >= 15 is 0 Å². The summed E-state index contributed by atoms with van der Waals surface area (Å²) < 4.78 is 0. The fraction of sp³-hybridized carbons (Fsp3) is 0.737. The van der Waals surface area contributed by atoms with Crippen molar-refractivity contribution >= 4 is 8.07 Å². The third-order valence-corrected chi connectivity index (χ3v) is 4.63. The monoisotopic (exact) mass is 297 g/mol. The molecule has 0 rings (SSSR count). The Bertz CT molecular complexity index is 218. The van der Waals surface area contributed by atoms with E-state index in [0.717, 1.165) is 6.42 Å². The molecule has 0 aliphatic heterocycles. The molecule has 0 aromatic carbocycles. The molecule has 20 heavy (non-hydrogen) atoms. The summed E-state index contributed by atoms with van der Waals surface area (Å²) in [4.78, 5) is 0. The molecule has 0 nitrogen and oxygen atoms in total. The third-order valence-electron chi connectivity index (χ3n) is 3.12. The Morgan fingerprint density at radius 3 is 1.45 bits per heavy atom. The van der Waals surface area contributed by atoms with E-state index in [1.807, 2.05) is 12.2 Å². The third kappa shape index (κ3) is 30.5. The Hall–Kier alpha value is -0.433. The minimum atomic E-state index is -0.775. The molecule has 0 N–H and O–H groups in total. The fourth-order valence-corrected chi connectivity index (χ4v) is 1.83. The predicted octanol–water partition coefficient (Wildman–Crippen LogP) is 7.52. The van der Waals surface area contributed by atoms with Crippen LogP contribution < -0.4 is 0 Å². The molecule has 0 unspecified atom stereocenters. The highest BCUT2D eigenvalue weighted by atomic mass is 28.3. The summed E-state index contributed by atoms with van der Waals surface area (Å²) in [6, 6.07) is 1.24. The largest absolute Gasteiger partial charge is 0.103 e. The minimum Gasteiger partial charge on any atom is -0.103 e. The van der Waals surface area contributed by atoms with E-state index in [0.29, 0.717) is 5.41 Å². The van der Waals surface area contributed by atoms with Gasteiger partial charge in [-0.25, -0.2) is 0 Å². The topological polar surface area (TPSA) is 0 Å². The molecule has 1 heteroatoms. The van der Waals surface area contributed by atoms with Gasteiger partial charge >= 0.3 is 0 Å². The standard InChI is InChI=1S/C8H16.C6H14Si.C5H11/c1-5-7-8(3,4)6-2;1-5-6-7(2,3)4;1-4-5(2)3/h5H,1,6-7H2,2-4H3;5H,1,6H2,2-4H3;4H2,1-3H3/q;;+1.